The molecule has 0 saturated carbocycles. The van der Waals surface area contributed by atoms with E-state index < -0.39 is 5.92 Å². The molecule has 1 aliphatic heterocycles. The highest BCUT2D eigenvalue weighted by Gasteiger charge is 2.36. The first-order valence-electron chi connectivity index (χ1n) is 10.8. The molecular formula is C25H25N3O7. The normalized spacial score (nSPS) is 15.0. The van der Waals surface area contributed by atoms with E-state index in [4.69, 9.17) is 18.6 Å². The Bertz CT molecular complexity index is 1200. The first-order valence-corrected chi connectivity index (χ1v) is 10.8. The van der Waals surface area contributed by atoms with E-state index in [1.165, 1.54) is 32.5 Å². The van der Waals surface area contributed by atoms with Gasteiger partial charge in [0.25, 0.3) is 5.91 Å². The summed E-state index contributed by atoms with van der Waals surface area (Å²) in [5, 5.41) is 5.54. The lowest BCUT2D eigenvalue weighted by Crippen LogP contribution is -2.28. The molecule has 0 bridgehead atoms. The molecule has 2 heterocycles. The minimum atomic E-state index is -0.542. The summed E-state index contributed by atoms with van der Waals surface area (Å²) in [7, 11) is 4.49. The third kappa shape index (κ3) is 5.06. The standard InChI is InChI=1S/C25H25N3O7/c1-32-20-12-18(13-21(33-2)23(20)34-3)28-14-15(11-22(28)29)24(30)26-16-6-8-17(9-7-16)27-25(31)19-5-4-10-35-19/h4-10,12-13,15H,11,14H2,1-3H3,(H,26,30)(H,27,31)/t15-/m1/s1. The average Bonchev–Trinajstić information content (AvgIpc) is 3.54. The van der Waals surface area contributed by atoms with Crippen LogP contribution in [-0.2, 0) is 9.59 Å². The molecule has 35 heavy (non-hydrogen) atoms. The number of nitrogens with zero attached hydrogens (tertiary/aromatic N) is 1. The van der Waals surface area contributed by atoms with E-state index in [-0.39, 0.29) is 36.4 Å². The topological polar surface area (TPSA) is 119 Å². The van der Waals surface area contributed by atoms with Crippen molar-refractivity contribution < 1.29 is 33.0 Å². The summed E-state index contributed by atoms with van der Waals surface area (Å²) in [6.45, 7) is 0.209. The molecule has 3 aromatic rings. The molecule has 1 aromatic heterocycles. The second-order valence-electron chi connectivity index (χ2n) is 7.79. The average molecular weight is 479 g/mol. The van der Waals surface area contributed by atoms with Crippen LogP contribution in [0.25, 0.3) is 0 Å². The largest absolute Gasteiger partial charge is 0.493 e. The molecule has 0 unspecified atom stereocenters. The van der Waals surface area contributed by atoms with E-state index in [0.29, 0.717) is 34.3 Å². The van der Waals surface area contributed by atoms with E-state index in [1.807, 2.05) is 0 Å². The van der Waals surface area contributed by atoms with Gasteiger partial charge in [-0.2, -0.15) is 0 Å². The van der Waals surface area contributed by atoms with Crippen LogP contribution in [0, 0.1) is 5.92 Å². The third-order valence-electron chi connectivity index (χ3n) is 5.61. The van der Waals surface area contributed by atoms with E-state index in [2.05, 4.69) is 10.6 Å². The van der Waals surface area contributed by atoms with Gasteiger partial charge in [0, 0.05) is 36.5 Å². The fourth-order valence-electron chi connectivity index (χ4n) is 3.84. The summed E-state index contributed by atoms with van der Waals surface area (Å²) in [5.74, 6) is 0.0797. The van der Waals surface area contributed by atoms with Crippen LogP contribution >= 0.6 is 0 Å². The predicted octanol–water partition coefficient (Wildman–Crippen LogP) is 3.55. The number of hydrogen-bond donors (Lipinski definition) is 2. The molecule has 1 saturated heterocycles. The van der Waals surface area contributed by atoms with Crippen LogP contribution in [0.2, 0.25) is 0 Å². The minimum Gasteiger partial charge on any atom is -0.493 e. The number of amides is 3. The lowest BCUT2D eigenvalue weighted by atomic mass is 10.1. The Morgan fingerprint density at radius 3 is 2.11 bits per heavy atom. The van der Waals surface area contributed by atoms with Gasteiger partial charge in [-0.05, 0) is 36.4 Å². The smallest absolute Gasteiger partial charge is 0.291 e. The minimum absolute atomic E-state index is 0.0692. The highest BCUT2D eigenvalue weighted by Crippen LogP contribution is 2.42. The highest BCUT2D eigenvalue weighted by atomic mass is 16.5. The third-order valence-corrected chi connectivity index (χ3v) is 5.61. The van der Waals surface area contributed by atoms with Crippen molar-refractivity contribution in [3.8, 4) is 17.2 Å². The molecule has 0 spiro atoms. The van der Waals surface area contributed by atoms with Gasteiger partial charge < -0.3 is 34.2 Å². The van der Waals surface area contributed by atoms with Gasteiger partial charge in [0.15, 0.2) is 17.3 Å². The zero-order chi connectivity index (χ0) is 24.9. The van der Waals surface area contributed by atoms with Gasteiger partial charge in [-0.25, -0.2) is 0 Å². The Labute approximate surface area is 201 Å². The van der Waals surface area contributed by atoms with Crippen LogP contribution < -0.4 is 29.7 Å². The number of methoxy groups -OCH3 is 3. The van der Waals surface area contributed by atoms with Gasteiger partial charge in [-0.3, -0.25) is 14.4 Å². The molecule has 1 atom stereocenters. The maximum Gasteiger partial charge on any atom is 0.291 e. The maximum atomic E-state index is 12.9. The first-order chi connectivity index (χ1) is 16.9. The van der Waals surface area contributed by atoms with Crippen molar-refractivity contribution in [1.82, 2.24) is 0 Å². The zero-order valence-electron chi connectivity index (χ0n) is 19.5. The van der Waals surface area contributed by atoms with Crippen molar-refractivity contribution in [3.05, 3.63) is 60.6 Å². The van der Waals surface area contributed by atoms with E-state index in [1.54, 1.807) is 48.5 Å². The van der Waals surface area contributed by atoms with Crippen molar-refractivity contribution >= 4 is 34.8 Å². The van der Waals surface area contributed by atoms with Crippen LogP contribution in [0.5, 0.6) is 17.2 Å². The molecule has 3 amide bonds. The number of carbonyl (C=O) groups excluding carboxylic acids is 3. The monoisotopic (exact) mass is 479 g/mol. The Morgan fingerprint density at radius 1 is 0.943 bits per heavy atom. The second-order valence-corrected chi connectivity index (χ2v) is 7.79. The lowest BCUT2D eigenvalue weighted by molar-refractivity contribution is -0.122. The SMILES string of the molecule is COc1cc(N2C[C@H](C(=O)Nc3ccc(NC(=O)c4ccco4)cc3)CC2=O)cc(OC)c1OC. The van der Waals surface area contributed by atoms with Crippen molar-refractivity contribution in [2.45, 2.75) is 6.42 Å². The Balaban J connectivity index is 1.41. The summed E-state index contributed by atoms with van der Waals surface area (Å²) in [4.78, 5) is 39.2. The number of furan rings is 1. The van der Waals surface area contributed by atoms with Crippen LogP contribution in [0.15, 0.2) is 59.2 Å². The summed E-state index contributed by atoms with van der Waals surface area (Å²) in [5.41, 5.74) is 1.65. The number of nitrogens with one attached hydrogen (secondary N) is 2. The second kappa shape index (κ2) is 10.2. The fraction of sp³-hybridized carbons (Fsp3) is 0.240. The quantitative estimate of drug-likeness (QED) is 0.507. The number of benzene rings is 2. The van der Waals surface area contributed by atoms with E-state index >= 15 is 0 Å². The van der Waals surface area contributed by atoms with E-state index in [9.17, 15) is 14.4 Å². The van der Waals surface area contributed by atoms with Crippen LogP contribution in [0.3, 0.4) is 0 Å². The van der Waals surface area contributed by atoms with Crippen molar-refractivity contribution in [1.29, 1.82) is 0 Å². The van der Waals surface area contributed by atoms with Gasteiger partial charge in [-0.1, -0.05) is 0 Å². The molecule has 4 rings (SSSR count). The molecule has 0 radical (unpaired) electrons. The maximum absolute atomic E-state index is 12.9. The van der Waals surface area contributed by atoms with Crippen LogP contribution in [0.4, 0.5) is 17.1 Å². The number of ether oxygens (including phenoxy) is 3. The molecule has 0 aliphatic carbocycles. The number of carbonyl (C=O) groups is 3. The van der Waals surface area contributed by atoms with Gasteiger partial charge in [0.05, 0.1) is 39.2 Å². The zero-order valence-corrected chi connectivity index (χ0v) is 19.5. The number of anilines is 3. The van der Waals surface area contributed by atoms with Crippen LogP contribution in [-0.4, -0.2) is 45.6 Å². The molecule has 182 valence electrons. The van der Waals surface area contributed by atoms with Gasteiger partial charge >= 0.3 is 0 Å². The molecule has 2 aromatic carbocycles. The van der Waals surface area contributed by atoms with Crippen molar-refractivity contribution in [2.75, 3.05) is 43.4 Å². The number of rotatable bonds is 8. The van der Waals surface area contributed by atoms with Gasteiger partial charge in [0.2, 0.25) is 17.6 Å². The summed E-state index contributed by atoms with van der Waals surface area (Å²) in [6, 6.07) is 13.2. The van der Waals surface area contributed by atoms with Crippen LogP contribution in [0.1, 0.15) is 17.0 Å². The molecule has 1 fully saturated rings. The summed E-state index contributed by atoms with van der Waals surface area (Å²) >= 11 is 0. The first kappa shape index (κ1) is 23.7. The Morgan fingerprint density at radius 2 is 1.57 bits per heavy atom. The van der Waals surface area contributed by atoms with Crippen molar-refractivity contribution in [3.63, 3.8) is 0 Å². The van der Waals surface area contributed by atoms with Crippen molar-refractivity contribution in [2.24, 2.45) is 5.92 Å². The summed E-state index contributed by atoms with van der Waals surface area (Å²) < 4.78 is 21.1. The molecule has 10 nitrogen and oxygen atoms in total. The molecular weight excluding hydrogens is 454 g/mol. The lowest BCUT2D eigenvalue weighted by Gasteiger charge is -2.20. The Hall–Kier alpha value is -4.47. The number of hydrogen-bond acceptors (Lipinski definition) is 7. The molecule has 1 aliphatic rings. The summed E-state index contributed by atoms with van der Waals surface area (Å²) in [6.07, 6.45) is 1.49. The van der Waals surface area contributed by atoms with E-state index in [0.717, 1.165) is 0 Å². The Kier molecular flexibility index (Phi) is 6.91. The molecule has 10 heteroatoms. The van der Waals surface area contributed by atoms with Gasteiger partial charge in [0.1, 0.15) is 0 Å². The predicted molar refractivity (Wildman–Crippen MR) is 128 cm³/mol. The molecule has 2 N–H and O–H groups in total. The fourth-order valence-corrected chi connectivity index (χ4v) is 3.84. The highest BCUT2D eigenvalue weighted by molar-refractivity contribution is 6.04. The van der Waals surface area contributed by atoms with Gasteiger partial charge in [-0.15, -0.1) is 0 Å².